The number of amides is 1. The van der Waals surface area contributed by atoms with Crippen molar-refractivity contribution in [2.75, 3.05) is 7.11 Å². The van der Waals surface area contributed by atoms with Crippen molar-refractivity contribution in [1.82, 2.24) is 15.6 Å². The van der Waals surface area contributed by atoms with Gasteiger partial charge in [0.15, 0.2) is 11.5 Å². The minimum atomic E-state index is -0.493. The lowest BCUT2D eigenvalue weighted by atomic mass is 10.1. The molecule has 0 bridgehead atoms. The molecule has 0 aliphatic heterocycles. The van der Waals surface area contributed by atoms with Crippen molar-refractivity contribution in [1.29, 1.82) is 0 Å². The number of para-hydroxylation sites is 1. The van der Waals surface area contributed by atoms with Gasteiger partial charge in [-0.05, 0) is 30.3 Å². The van der Waals surface area contributed by atoms with Crippen LogP contribution in [0.1, 0.15) is 16.1 Å². The van der Waals surface area contributed by atoms with Crippen molar-refractivity contribution in [3.63, 3.8) is 0 Å². The largest absolute Gasteiger partial charge is 0.504 e. The maximum atomic E-state index is 12.2. The number of rotatable bonds is 5. The molecule has 138 valence electrons. The first kappa shape index (κ1) is 18.8. The second kappa shape index (κ2) is 8.11. The molecule has 1 aromatic heterocycles. The number of halogens is 2. The molecule has 0 radical (unpaired) electrons. The van der Waals surface area contributed by atoms with E-state index in [1.54, 1.807) is 42.5 Å². The van der Waals surface area contributed by atoms with Crippen LogP contribution in [0.15, 0.2) is 47.6 Å². The highest BCUT2D eigenvalue weighted by Crippen LogP contribution is 2.28. The van der Waals surface area contributed by atoms with Gasteiger partial charge in [0.2, 0.25) is 0 Å². The second-order valence-corrected chi connectivity index (χ2v) is 6.21. The van der Waals surface area contributed by atoms with Gasteiger partial charge in [0.05, 0.1) is 29.1 Å². The Bertz CT molecular complexity index is 1020. The summed E-state index contributed by atoms with van der Waals surface area (Å²) in [5.74, 6) is -0.251. The molecule has 2 aromatic carbocycles. The first-order valence-corrected chi connectivity index (χ1v) is 8.45. The van der Waals surface area contributed by atoms with E-state index in [2.05, 4.69) is 20.7 Å². The maximum Gasteiger partial charge on any atom is 0.289 e. The van der Waals surface area contributed by atoms with E-state index in [0.717, 1.165) is 0 Å². The number of hydrazone groups is 1. The van der Waals surface area contributed by atoms with Gasteiger partial charge in [0.1, 0.15) is 5.69 Å². The summed E-state index contributed by atoms with van der Waals surface area (Å²) in [4.78, 5) is 12.2. The highest BCUT2D eigenvalue weighted by Gasteiger charge is 2.12. The fourth-order valence-corrected chi connectivity index (χ4v) is 2.57. The Morgan fingerprint density at radius 1 is 1.26 bits per heavy atom. The van der Waals surface area contributed by atoms with Crippen molar-refractivity contribution in [3.05, 3.63) is 63.8 Å². The van der Waals surface area contributed by atoms with Crippen LogP contribution in [0.3, 0.4) is 0 Å². The molecule has 7 nitrogen and oxygen atoms in total. The van der Waals surface area contributed by atoms with E-state index in [1.807, 2.05) is 0 Å². The molecule has 0 saturated carbocycles. The summed E-state index contributed by atoms with van der Waals surface area (Å²) in [5.41, 5.74) is 4.22. The molecule has 0 unspecified atom stereocenters. The lowest BCUT2D eigenvalue weighted by Crippen LogP contribution is -2.18. The molecule has 0 aliphatic rings. The van der Waals surface area contributed by atoms with E-state index in [0.29, 0.717) is 32.6 Å². The first-order chi connectivity index (χ1) is 13.0. The third-order valence-electron chi connectivity index (χ3n) is 3.66. The van der Waals surface area contributed by atoms with Gasteiger partial charge in [0.25, 0.3) is 5.91 Å². The molecule has 0 atom stereocenters. The second-order valence-electron chi connectivity index (χ2n) is 5.39. The minimum absolute atomic E-state index is 0.0681. The summed E-state index contributed by atoms with van der Waals surface area (Å²) in [5, 5.41) is 21.4. The number of hydrogen-bond donors (Lipinski definition) is 3. The van der Waals surface area contributed by atoms with Crippen LogP contribution in [-0.2, 0) is 0 Å². The number of hydrogen-bond acceptors (Lipinski definition) is 5. The molecule has 9 heteroatoms. The minimum Gasteiger partial charge on any atom is -0.504 e. The number of aromatic amines is 1. The van der Waals surface area contributed by atoms with E-state index in [9.17, 15) is 9.90 Å². The van der Waals surface area contributed by atoms with Crippen LogP contribution in [0.25, 0.3) is 11.3 Å². The Hall–Kier alpha value is -3.03. The number of ether oxygens (including phenoxy) is 1. The molecule has 0 aliphatic carbocycles. The van der Waals surface area contributed by atoms with Gasteiger partial charge in [-0.2, -0.15) is 10.2 Å². The van der Waals surface area contributed by atoms with Crippen molar-refractivity contribution < 1.29 is 14.6 Å². The van der Waals surface area contributed by atoms with Gasteiger partial charge in [-0.1, -0.05) is 35.3 Å². The Labute approximate surface area is 164 Å². The molecule has 1 amide bonds. The highest BCUT2D eigenvalue weighted by molar-refractivity contribution is 6.42. The number of aromatic hydroxyl groups is 1. The zero-order chi connectivity index (χ0) is 19.4. The van der Waals surface area contributed by atoms with Gasteiger partial charge >= 0.3 is 0 Å². The quantitative estimate of drug-likeness (QED) is 0.443. The number of carbonyl (C=O) groups is 1. The lowest BCUT2D eigenvalue weighted by molar-refractivity contribution is 0.0950. The van der Waals surface area contributed by atoms with Gasteiger partial charge in [-0.15, -0.1) is 0 Å². The fourth-order valence-electron chi connectivity index (χ4n) is 2.27. The Balaban J connectivity index is 1.70. The Morgan fingerprint density at radius 2 is 2.07 bits per heavy atom. The summed E-state index contributed by atoms with van der Waals surface area (Å²) >= 11 is 11.9. The Kier molecular flexibility index (Phi) is 5.63. The summed E-state index contributed by atoms with van der Waals surface area (Å²) < 4.78 is 5.01. The predicted molar refractivity (Wildman–Crippen MR) is 104 cm³/mol. The third kappa shape index (κ3) is 4.21. The molecular weight excluding hydrogens is 391 g/mol. The smallest absolute Gasteiger partial charge is 0.289 e. The van der Waals surface area contributed by atoms with Crippen LogP contribution < -0.4 is 10.2 Å². The number of carbonyl (C=O) groups excluding carboxylic acids is 1. The van der Waals surface area contributed by atoms with E-state index in [-0.39, 0.29) is 11.4 Å². The molecule has 27 heavy (non-hydrogen) atoms. The summed E-state index contributed by atoms with van der Waals surface area (Å²) in [6, 6.07) is 11.6. The maximum absolute atomic E-state index is 12.2. The Morgan fingerprint density at radius 3 is 2.81 bits per heavy atom. The third-order valence-corrected chi connectivity index (χ3v) is 4.40. The SMILES string of the molecule is COc1cccc(C=NNC(=O)c2cc(-c3ccc(Cl)c(Cl)c3)n[nH]2)c1O. The van der Waals surface area contributed by atoms with Gasteiger partial charge in [0, 0.05) is 11.1 Å². The number of aromatic nitrogens is 2. The number of methoxy groups -OCH3 is 1. The number of phenolic OH excluding ortho intramolecular Hbond substituents is 1. The zero-order valence-corrected chi connectivity index (χ0v) is 15.5. The van der Waals surface area contributed by atoms with Crippen LogP contribution in [-0.4, -0.2) is 34.5 Å². The number of H-pyrrole nitrogens is 1. The molecule has 3 rings (SSSR count). The van der Waals surface area contributed by atoms with Crippen molar-refractivity contribution in [2.24, 2.45) is 5.10 Å². The fraction of sp³-hybridized carbons (Fsp3) is 0.0556. The average molecular weight is 405 g/mol. The van der Waals surface area contributed by atoms with Crippen LogP contribution in [0, 0.1) is 0 Å². The van der Waals surface area contributed by atoms with Gasteiger partial charge in [-0.25, -0.2) is 5.43 Å². The molecule has 0 fully saturated rings. The molecule has 3 aromatic rings. The molecule has 0 saturated heterocycles. The normalized spacial score (nSPS) is 10.9. The van der Waals surface area contributed by atoms with E-state index in [4.69, 9.17) is 27.9 Å². The molecule has 1 heterocycles. The first-order valence-electron chi connectivity index (χ1n) is 7.70. The molecule has 0 spiro atoms. The average Bonchev–Trinajstić information content (AvgIpc) is 3.15. The highest BCUT2D eigenvalue weighted by atomic mass is 35.5. The summed E-state index contributed by atoms with van der Waals surface area (Å²) in [6.07, 6.45) is 1.31. The standard InChI is InChI=1S/C18H14Cl2N4O3/c1-27-16-4-2-3-11(17(16)25)9-21-24-18(26)15-8-14(22-23-15)10-5-6-12(19)13(20)7-10/h2-9,25H,1H3,(H,22,23)(H,24,26). The van der Waals surface area contributed by atoms with E-state index >= 15 is 0 Å². The topological polar surface area (TPSA) is 99.6 Å². The van der Waals surface area contributed by atoms with Gasteiger partial charge in [-0.3, -0.25) is 9.89 Å². The van der Waals surface area contributed by atoms with Gasteiger partial charge < -0.3 is 9.84 Å². The summed E-state index contributed by atoms with van der Waals surface area (Å²) in [7, 11) is 1.45. The number of nitrogens with one attached hydrogen (secondary N) is 2. The van der Waals surface area contributed by atoms with Crippen LogP contribution in [0.2, 0.25) is 10.0 Å². The van der Waals surface area contributed by atoms with Crippen LogP contribution in [0.4, 0.5) is 0 Å². The van der Waals surface area contributed by atoms with Crippen molar-refractivity contribution in [2.45, 2.75) is 0 Å². The summed E-state index contributed by atoms with van der Waals surface area (Å²) in [6.45, 7) is 0. The monoisotopic (exact) mass is 404 g/mol. The van der Waals surface area contributed by atoms with Crippen molar-refractivity contribution in [3.8, 4) is 22.8 Å². The van der Waals surface area contributed by atoms with Crippen LogP contribution >= 0.6 is 23.2 Å². The predicted octanol–water partition coefficient (Wildman–Crippen LogP) is 3.86. The van der Waals surface area contributed by atoms with Crippen molar-refractivity contribution >= 4 is 35.3 Å². The number of phenols is 1. The van der Waals surface area contributed by atoms with E-state index in [1.165, 1.54) is 13.3 Å². The molecule has 3 N–H and O–H groups in total. The molecular formula is C18H14Cl2N4O3. The van der Waals surface area contributed by atoms with Crippen LogP contribution in [0.5, 0.6) is 11.5 Å². The zero-order valence-electron chi connectivity index (χ0n) is 14.0. The number of nitrogens with zero attached hydrogens (tertiary/aromatic N) is 2. The lowest BCUT2D eigenvalue weighted by Gasteiger charge is -2.04. The van der Waals surface area contributed by atoms with E-state index < -0.39 is 5.91 Å². The number of benzene rings is 2.